The number of nitrogens with zero attached hydrogens (tertiary/aromatic N) is 2. The Labute approximate surface area is 140 Å². The van der Waals surface area contributed by atoms with E-state index in [0.29, 0.717) is 25.3 Å². The Hall–Kier alpha value is -1.63. The van der Waals surface area contributed by atoms with Gasteiger partial charge in [0.05, 0.1) is 11.6 Å². The van der Waals surface area contributed by atoms with Gasteiger partial charge in [0.2, 0.25) is 10.0 Å². The molecule has 1 aliphatic rings. The third-order valence-corrected chi connectivity index (χ3v) is 6.11. The second-order valence-corrected chi connectivity index (χ2v) is 7.82. The summed E-state index contributed by atoms with van der Waals surface area (Å²) >= 11 is 6.08. The minimum atomic E-state index is -3.61. The molecule has 0 unspecified atom stereocenters. The van der Waals surface area contributed by atoms with Crippen molar-refractivity contribution in [2.45, 2.75) is 24.3 Å². The molecule has 2 aromatic rings. The van der Waals surface area contributed by atoms with Gasteiger partial charge in [0.25, 0.3) is 0 Å². The minimum Gasteiger partial charge on any atom is -0.489 e. The summed E-state index contributed by atoms with van der Waals surface area (Å²) < 4.78 is 32.8. The molecule has 0 N–H and O–H groups in total. The monoisotopic (exact) mass is 352 g/mol. The summed E-state index contributed by atoms with van der Waals surface area (Å²) in [5.41, 5.74) is 0.858. The molecule has 1 aromatic carbocycles. The number of benzene rings is 1. The molecule has 0 amide bonds. The van der Waals surface area contributed by atoms with Crippen LogP contribution in [0.15, 0.2) is 47.6 Å². The zero-order valence-corrected chi connectivity index (χ0v) is 14.2. The van der Waals surface area contributed by atoms with Gasteiger partial charge in [-0.25, -0.2) is 8.42 Å². The Kier molecular flexibility index (Phi) is 4.57. The summed E-state index contributed by atoms with van der Waals surface area (Å²) in [4.78, 5) is 4.09. The van der Waals surface area contributed by atoms with Crippen LogP contribution in [-0.2, 0) is 10.0 Å². The zero-order valence-electron chi connectivity index (χ0n) is 12.6. The van der Waals surface area contributed by atoms with Crippen LogP contribution in [0.2, 0.25) is 5.02 Å². The number of hydrogen-bond acceptors (Lipinski definition) is 4. The van der Waals surface area contributed by atoms with Crippen LogP contribution in [0.1, 0.15) is 12.0 Å². The highest BCUT2D eigenvalue weighted by molar-refractivity contribution is 7.89. The van der Waals surface area contributed by atoms with Crippen LogP contribution < -0.4 is 4.74 Å². The van der Waals surface area contributed by atoms with Gasteiger partial charge in [-0.3, -0.25) is 4.98 Å². The topological polar surface area (TPSA) is 59.5 Å². The molecule has 0 bridgehead atoms. The van der Waals surface area contributed by atoms with Crippen molar-refractivity contribution >= 4 is 21.6 Å². The summed E-state index contributed by atoms with van der Waals surface area (Å²) in [6.45, 7) is 2.58. The molecular formula is C16H17ClN2O3S. The van der Waals surface area contributed by atoms with Gasteiger partial charge >= 0.3 is 0 Å². The highest BCUT2D eigenvalue weighted by atomic mass is 35.5. The van der Waals surface area contributed by atoms with Crippen LogP contribution in [0.25, 0.3) is 0 Å². The fourth-order valence-corrected chi connectivity index (χ4v) is 4.61. The molecule has 122 valence electrons. The molecule has 1 aromatic heterocycles. The zero-order chi connectivity index (χ0) is 16.4. The van der Waals surface area contributed by atoms with E-state index in [2.05, 4.69) is 4.98 Å². The third-order valence-electron chi connectivity index (χ3n) is 3.76. The predicted molar refractivity (Wildman–Crippen MR) is 88.2 cm³/mol. The van der Waals surface area contributed by atoms with Gasteiger partial charge < -0.3 is 4.74 Å². The van der Waals surface area contributed by atoms with Crippen molar-refractivity contribution in [3.63, 3.8) is 0 Å². The standard InChI is InChI=1S/C16H17ClN2O3S/c1-12-2-3-15(17)16(10-12)23(20,21)19-9-6-14(11-19)22-13-4-7-18-8-5-13/h2-5,7-8,10,14H,6,9,11H2,1H3/t14-/m1/s1. The Balaban J connectivity index is 1.76. The average molecular weight is 353 g/mol. The molecule has 1 saturated heterocycles. The highest BCUT2D eigenvalue weighted by Gasteiger charge is 2.34. The number of aryl methyl sites for hydroxylation is 1. The molecule has 1 aliphatic heterocycles. The summed E-state index contributed by atoms with van der Waals surface area (Å²) in [5.74, 6) is 0.692. The number of halogens is 1. The lowest BCUT2D eigenvalue weighted by Crippen LogP contribution is -2.31. The van der Waals surface area contributed by atoms with Crippen molar-refractivity contribution in [3.8, 4) is 5.75 Å². The number of ether oxygens (including phenoxy) is 1. The van der Waals surface area contributed by atoms with Crippen LogP contribution in [0.4, 0.5) is 0 Å². The highest BCUT2D eigenvalue weighted by Crippen LogP contribution is 2.29. The van der Waals surface area contributed by atoms with Crippen molar-refractivity contribution in [1.82, 2.24) is 9.29 Å². The first-order valence-electron chi connectivity index (χ1n) is 7.30. The first kappa shape index (κ1) is 16.2. The van der Waals surface area contributed by atoms with E-state index in [-0.39, 0.29) is 16.0 Å². The SMILES string of the molecule is Cc1ccc(Cl)c(S(=O)(=O)N2CC[C@@H](Oc3ccncc3)C2)c1. The van der Waals surface area contributed by atoms with E-state index in [1.54, 1.807) is 42.7 Å². The summed E-state index contributed by atoms with van der Waals surface area (Å²) in [6, 6.07) is 8.53. The number of aromatic nitrogens is 1. The second kappa shape index (κ2) is 6.47. The smallest absolute Gasteiger partial charge is 0.244 e. The van der Waals surface area contributed by atoms with E-state index in [1.807, 2.05) is 6.92 Å². The predicted octanol–water partition coefficient (Wildman–Crippen LogP) is 2.89. The third kappa shape index (κ3) is 3.49. The molecule has 0 radical (unpaired) electrons. The largest absolute Gasteiger partial charge is 0.489 e. The normalized spacial score (nSPS) is 19.0. The quantitative estimate of drug-likeness (QED) is 0.849. The van der Waals surface area contributed by atoms with Crippen molar-refractivity contribution in [1.29, 1.82) is 0 Å². The molecule has 3 rings (SSSR count). The molecule has 5 nitrogen and oxygen atoms in total. The van der Waals surface area contributed by atoms with Gasteiger partial charge in [-0.15, -0.1) is 0 Å². The van der Waals surface area contributed by atoms with E-state index < -0.39 is 10.0 Å². The van der Waals surface area contributed by atoms with E-state index in [0.717, 1.165) is 5.56 Å². The molecule has 1 atom stereocenters. The van der Waals surface area contributed by atoms with E-state index >= 15 is 0 Å². The molecule has 0 spiro atoms. The molecular weight excluding hydrogens is 336 g/mol. The van der Waals surface area contributed by atoms with E-state index in [1.165, 1.54) is 4.31 Å². The fraction of sp³-hybridized carbons (Fsp3) is 0.312. The number of hydrogen-bond donors (Lipinski definition) is 0. The van der Waals surface area contributed by atoms with Crippen LogP contribution in [0, 0.1) is 6.92 Å². The first-order chi connectivity index (χ1) is 11.0. The molecule has 1 fully saturated rings. The van der Waals surface area contributed by atoms with Crippen molar-refractivity contribution in [3.05, 3.63) is 53.3 Å². The lowest BCUT2D eigenvalue weighted by atomic mass is 10.2. The maximum atomic E-state index is 12.8. The van der Waals surface area contributed by atoms with Gasteiger partial charge in [0.1, 0.15) is 16.7 Å². The molecule has 0 saturated carbocycles. The van der Waals surface area contributed by atoms with Crippen LogP contribution in [-0.4, -0.2) is 36.9 Å². The first-order valence-corrected chi connectivity index (χ1v) is 9.11. The lowest BCUT2D eigenvalue weighted by molar-refractivity contribution is 0.215. The van der Waals surface area contributed by atoms with Crippen LogP contribution in [0.3, 0.4) is 0 Å². The van der Waals surface area contributed by atoms with Crippen molar-refractivity contribution in [2.75, 3.05) is 13.1 Å². The maximum Gasteiger partial charge on any atom is 0.244 e. The van der Waals surface area contributed by atoms with Gasteiger partial charge in [-0.05, 0) is 43.2 Å². The van der Waals surface area contributed by atoms with E-state index in [9.17, 15) is 8.42 Å². The minimum absolute atomic E-state index is 0.156. The van der Waals surface area contributed by atoms with Gasteiger partial charge in [-0.2, -0.15) is 4.31 Å². The molecule has 23 heavy (non-hydrogen) atoms. The van der Waals surface area contributed by atoms with Crippen molar-refractivity contribution < 1.29 is 13.2 Å². The summed E-state index contributed by atoms with van der Waals surface area (Å²) in [5, 5.41) is 0.245. The van der Waals surface area contributed by atoms with E-state index in [4.69, 9.17) is 16.3 Å². The summed E-state index contributed by atoms with van der Waals surface area (Å²) in [7, 11) is -3.61. The summed E-state index contributed by atoms with van der Waals surface area (Å²) in [6.07, 6.45) is 3.76. The lowest BCUT2D eigenvalue weighted by Gasteiger charge is -2.18. The van der Waals surface area contributed by atoms with Gasteiger partial charge in [0.15, 0.2) is 0 Å². The average Bonchev–Trinajstić information content (AvgIpc) is 3.00. The van der Waals surface area contributed by atoms with Gasteiger partial charge in [-0.1, -0.05) is 17.7 Å². The Bertz CT molecular complexity index is 796. The van der Waals surface area contributed by atoms with Crippen LogP contribution in [0.5, 0.6) is 5.75 Å². The number of sulfonamides is 1. The Morgan fingerprint density at radius 1 is 1.26 bits per heavy atom. The maximum absolute atomic E-state index is 12.8. The Morgan fingerprint density at radius 2 is 2.00 bits per heavy atom. The fourth-order valence-electron chi connectivity index (χ4n) is 2.57. The molecule has 7 heteroatoms. The van der Waals surface area contributed by atoms with Gasteiger partial charge in [0, 0.05) is 18.9 Å². The number of pyridine rings is 1. The Morgan fingerprint density at radius 3 is 2.74 bits per heavy atom. The molecule has 0 aliphatic carbocycles. The molecule has 2 heterocycles. The van der Waals surface area contributed by atoms with Crippen LogP contribution >= 0.6 is 11.6 Å². The van der Waals surface area contributed by atoms with Crippen molar-refractivity contribution in [2.24, 2.45) is 0 Å². The second-order valence-electron chi connectivity index (χ2n) is 5.51. The number of rotatable bonds is 4.